The van der Waals surface area contributed by atoms with Gasteiger partial charge in [-0.3, -0.25) is 9.69 Å². The van der Waals surface area contributed by atoms with Gasteiger partial charge in [0.1, 0.15) is 5.75 Å². The van der Waals surface area contributed by atoms with Crippen molar-refractivity contribution >= 4 is 23.2 Å². The van der Waals surface area contributed by atoms with Gasteiger partial charge in [-0.05, 0) is 49.4 Å². The van der Waals surface area contributed by atoms with Gasteiger partial charge in [0.05, 0.1) is 19.3 Å². The van der Waals surface area contributed by atoms with Crippen molar-refractivity contribution in [1.82, 2.24) is 4.90 Å². The van der Waals surface area contributed by atoms with Crippen LogP contribution in [0.3, 0.4) is 0 Å². The molecule has 0 aliphatic heterocycles. The predicted octanol–water partition coefficient (Wildman–Crippen LogP) is 4.59. The van der Waals surface area contributed by atoms with Crippen molar-refractivity contribution < 1.29 is 9.53 Å². The Kier molecular flexibility index (Phi) is 6.17. The first-order chi connectivity index (χ1) is 12.6. The van der Waals surface area contributed by atoms with Crippen LogP contribution in [0.2, 0.25) is 5.02 Å². The number of methoxy groups -OCH3 is 1. The molecule has 3 rings (SSSR count). The average molecular weight is 373 g/mol. The van der Waals surface area contributed by atoms with Crippen LogP contribution in [0.5, 0.6) is 5.75 Å². The van der Waals surface area contributed by atoms with Gasteiger partial charge in [0.2, 0.25) is 5.91 Å². The molecule has 5 heteroatoms. The van der Waals surface area contributed by atoms with E-state index in [1.54, 1.807) is 25.3 Å². The van der Waals surface area contributed by atoms with Gasteiger partial charge >= 0.3 is 0 Å². The first kappa shape index (κ1) is 18.7. The maximum absolute atomic E-state index is 12.7. The van der Waals surface area contributed by atoms with Crippen LogP contribution in [0, 0.1) is 5.92 Å². The van der Waals surface area contributed by atoms with Gasteiger partial charge in [-0.2, -0.15) is 0 Å². The molecule has 1 N–H and O–H groups in total. The summed E-state index contributed by atoms with van der Waals surface area (Å²) in [5, 5.41) is 3.51. The van der Waals surface area contributed by atoms with E-state index in [0.717, 1.165) is 6.54 Å². The number of carbonyl (C=O) groups excluding carboxylic acids is 1. The molecule has 4 nitrogen and oxygen atoms in total. The van der Waals surface area contributed by atoms with E-state index in [0.29, 0.717) is 35.0 Å². The number of benzene rings is 2. The van der Waals surface area contributed by atoms with Gasteiger partial charge in [-0.25, -0.2) is 0 Å². The van der Waals surface area contributed by atoms with Crippen molar-refractivity contribution in [2.75, 3.05) is 19.0 Å². The van der Waals surface area contributed by atoms with Crippen LogP contribution in [0.15, 0.2) is 48.5 Å². The number of ether oxygens (including phenoxy) is 1. The molecule has 0 heterocycles. The van der Waals surface area contributed by atoms with E-state index in [4.69, 9.17) is 16.3 Å². The Morgan fingerprint density at radius 3 is 2.65 bits per heavy atom. The van der Waals surface area contributed by atoms with Crippen molar-refractivity contribution in [2.24, 2.45) is 5.92 Å². The van der Waals surface area contributed by atoms with Gasteiger partial charge in [0, 0.05) is 17.6 Å². The second-order valence-electron chi connectivity index (χ2n) is 6.86. The molecule has 26 heavy (non-hydrogen) atoms. The number of hydrogen-bond acceptors (Lipinski definition) is 3. The highest BCUT2D eigenvalue weighted by atomic mass is 35.5. The zero-order chi connectivity index (χ0) is 18.5. The maximum Gasteiger partial charge on any atom is 0.238 e. The maximum atomic E-state index is 12.7. The highest BCUT2D eigenvalue weighted by molar-refractivity contribution is 6.31. The largest absolute Gasteiger partial charge is 0.495 e. The molecule has 0 saturated heterocycles. The molecule has 1 atom stereocenters. The predicted molar refractivity (Wildman–Crippen MR) is 106 cm³/mol. The van der Waals surface area contributed by atoms with E-state index in [1.807, 2.05) is 18.2 Å². The number of nitrogens with one attached hydrogen (secondary N) is 1. The number of rotatable bonds is 8. The van der Waals surface area contributed by atoms with E-state index in [2.05, 4.69) is 29.3 Å². The highest BCUT2D eigenvalue weighted by Gasteiger charge is 2.32. The third kappa shape index (κ3) is 4.99. The summed E-state index contributed by atoms with van der Waals surface area (Å²) in [6.07, 6.45) is 2.49. The number of carbonyl (C=O) groups is 1. The molecule has 2 aromatic carbocycles. The van der Waals surface area contributed by atoms with E-state index in [1.165, 1.54) is 18.4 Å². The van der Waals surface area contributed by atoms with Crippen LogP contribution in [0.1, 0.15) is 25.3 Å². The number of anilines is 1. The van der Waals surface area contributed by atoms with Gasteiger partial charge in [-0.1, -0.05) is 41.9 Å². The average Bonchev–Trinajstić information content (AvgIpc) is 3.47. The van der Waals surface area contributed by atoms with E-state index in [-0.39, 0.29) is 5.91 Å². The summed E-state index contributed by atoms with van der Waals surface area (Å²) in [7, 11) is 1.58. The molecule has 0 aromatic heterocycles. The van der Waals surface area contributed by atoms with Gasteiger partial charge < -0.3 is 10.1 Å². The van der Waals surface area contributed by atoms with E-state index >= 15 is 0 Å². The molecule has 1 aliphatic rings. The number of hydrogen-bond donors (Lipinski definition) is 1. The standard InChI is InChI=1S/C21H25ClN2O2/c1-15(17-8-9-17)24(13-16-6-4-3-5-7-16)14-21(25)23-19-12-18(22)10-11-20(19)26-2/h3-7,10-12,15,17H,8-9,13-14H2,1-2H3,(H,23,25). The molecular formula is C21H25ClN2O2. The minimum absolute atomic E-state index is 0.0611. The third-order valence-corrected chi connectivity index (χ3v) is 5.13. The molecule has 1 unspecified atom stereocenters. The fraction of sp³-hybridized carbons (Fsp3) is 0.381. The summed E-state index contributed by atoms with van der Waals surface area (Å²) in [5.74, 6) is 1.23. The topological polar surface area (TPSA) is 41.6 Å². The molecule has 0 radical (unpaired) electrons. The summed E-state index contributed by atoms with van der Waals surface area (Å²) in [5.41, 5.74) is 1.82. The lowest BCUT2D eigenvalue weighted by Gasteiger charge is -2.29. The number of amides is 1. The van der Waals surface area contributed by atoms with Crippen LogP contribution in [0.4, 0.5) is 5.69 Å². The van der Waals surface area contributed by atoms with Gasteiger partial charge in [0.15, 0.2) is 0 Å². The summed E-state index contributed by atoms with van der Waals surface area (Å²) in [4.78, 5) is 14.9. The van der Waals surface area contributed by atoms with Crippen molar-refractivity contribution in [1.29, 1.82) is 0 Å². The van der Waals surface area contributed by atoms with Crippen LogP contribution in [-0.2, 0) is 11.3 Å². The minimum Gasteiger partial charge on any atom is -0.495 e. The lowest BCUT2D eigenvalue weighted by Crippen LogP contribution is -2.40. The van der Waals surface area contributed by atoms with E-state index in [9.17, 15) is 4.79 Å². The summed E-state index contributed by atoms with van der Waals surface area (Å²) < 4.78 is 5.31. The van der Waals surface area contributed by atoms with Crippen LogP contribution in [0.25, 0.3) is 0 Å². The molecule has 1 fully saturated rings. The molecule has 138 valence electrons. The zero-order valence-corrected chi connectivity index (χ0v) is 16.0. The molecular weight excluding hydrogens is 348 g/mol. The summed E-state index contributed by atoms with van der Waals surface area (Å²) in [6.45, 7) is 3.31. The van der Waals surface area contributed by atoms with Crippen LogP contribution >= 0.6 is 11.6 Å². The van der Waals surface area contributed by atoms with Crippen molar-refractivity contribution in [2.45, 2.75) is 32.4 Å². The SMILES string of the molecule is COc1ccc(Cl)cc1NC(=O)CN(Cc1ccccc1)C(C)C1CC1. The fourth-order valence-corrected chi connectivity index (χ4v) is 3.36. The minimum atomic E-state index is -0.0611. The third-order valence-electron chi connectivity index (χ3n) is 4.89. The Bertz CT molecular complexity index is 747. The number of halogens is 1. The first-order valence-corrected chi connectivity index (χ1v) is 9.36. The smallest absolute Gasteiger partial charge is 0.238 e. The Morgan fingerprint density at radius 2 is 2.00 bits per heavy atom. The molecule has 0 bridgehead atoms. The second kappa shape index (κ2) is 8.56. The van der Waals surface area contributed by atoms with Crippen molar-refractivity contribution in [3.8, 4) is 5.75 Å². The van der Waals surface area contributed by atoms with Gasteiger partial charge in [0.25, 0.3) is 0 Å². The molecule has 2 aromatic rings. The second-order valence-corrected chi connectivity index (χ2v) is 7.30. The Morgan fingerprint density at radius 1 is 1.27 bits per heavy atom. The molecule has 0 spiro atoms. The fourth-order valence-electron chi connectivity index (χ4n) is 3.19. The van der Waals surface area contributed by atoms with Gasteiger partial charge in [-0.15, -0.1) is 0 Å². The lowest BCUT2D eigenvalue weighted by atomic mass is 10.1. The highest BCUT2D eigenvalue weighted by Crippen LogP contribution is 2.35. The quantitative estimate of drug-likeness (QED) is 0.737. The monoisotopic (exact) mass is 372 g/mol. The molecule has 1 saturated carbocycles. The normalized spacial score (nSPS) is 14.9. The van der Waals surface area contributed by atoms with Crippen molar-refractivity contribution in [3.63, 3.8) is 0 Å². The Labute approximate surface area is 160 Å². The number of nitrogens with zero attached hydrogens (tertiary/aromatic N) is 1. The van der Waals surface area contributed by atoms with Crippen LogP contribution in [-0.4, -0.2) is 30.5 Å². The first-order valence-electron chi connectivity index (χ1n) is 8.98. The van der Waals surface area contributed by atoms with Crippen molar-refractivity contribution in [3.05, 3.63) is 59.1 Å². The molecule has 1 aliphatic carbocycles. The Balaban J connectivity index is 1.69. The summed E-state index contributed by atoms with van der Waals surface area (Å²) >= 11 is 6.05. The molecule has 1 amide bonds. The zero-order valence-electron chi connectivity index (χ0n) is 15.2. The van der Waals surface area contributed by atoms with E-state index < -0.39 is 0 Å². The Hall–Kier alpha value is -2.04. The lowest BCUT2D eigenvalue weighted by molar-refractivity contribution is -0.118. The van der Waals surface area contributed by atoms with Crippen LogP contribution < -0.4 is 10.1 Å². The summed E-state index contributed by atoms with van der Waals surface area (Å²) in [6, 6.07) is 15.9.